The maximum absolute atomic E-state index is 11.2. The van der Waals surface area contributed by atoms with E-state index in [1.807, 2.05) is 30.3 Å². The molecule has 1 fully saturated rings. The summed E-state index contributed by atoms with van der Waals surface area (Å²) in [7, 11) is 0. The van der Waals surface area contributed by atoms with Gasteiger partial charge in [0, 0.05) is 6.08 Å². The van der Waals surface area contributed by atoms with E-state index < -0.39 is 23.8 Å². The SMILES string of the molecule is CC1(C=C=O)NC(c2ccccc2)C(C(=O)O)O1. The number of hydrogen-bond acceptors (Lipinski definition) is 4. The van der Waals surface area contributed by atoms with Gasteiger partial charge in [0.25, 0.3) is 0 Å². The van der Waals surface area contributed by atoms with Crippen molar-refractivity contribution in [3.05, 3.63) is 42.0 Å². The quantitative estimate of drug-likeness (QED) is 0.776. The van der Waals surface area contributed by atoms with Gasteiger partial charge in [0.2, 0.25) is 0 Å². The lowest BCUT2D eigenvalue weighted by molar-refractivity contribution is -0.152. The highest BCUT2D eigenvalue weighted by Crippen LogP contribution is 2.32. The van der Waals surface area contributed by atoms with Crippen LogP contribution in [0.1, 0.15) is 18.5 Å². The minimum atomic E-state index is -1.11. The lowest BCUT2D eigenvalue weighted by Crippen LogP contribution is -2.36. The Labute approximate surface area is 104 Å². The van der Waals surface area contributed by atoms with Gasteiger partial charge in [-0.1, -0.05) is 30.3 Å². The van der Waals surface area contributed by atoms with Crippen molar-refractivity contribution in [2.75, 3.05) is 0 Å². The predicted molar refractivity (Wildman–Crippen MR) is 63.5 cm³/mol. The number of carboxylic acids is 1. The average molecular weight is 247 g/mol. The summed E-state index contributed by atoms with van der Waals surface area (Å²) < 4.78 is 5.39. The molecule has 0 amide bonds. The highest BCUT2D eigenvalue weighted by molar-refractivity contribution is 5.74. The summed E-state index contributed by atoms with van der Waals surface area (Å²) in [6, 6.07) is 8.61. The van der Waals surface area contributed by atoms with E-state index >= 15 is 0 Å². The highest BCUT2D eigenvalue weighted by Gasteiger charge is 2.46. The summed E-state index contributed by atoms with van der Waals surface area (Å²) in [5.41, 5.74) is -0.307. The molecule has 1 aliphatic heterocycles. The standard InChI is InChI=1S/C13H13NO4/c1-13(7-8-15)14-10(11(18-13)12(16)17)9-5-3-2-4-6-9/h2-7,10-11,14H,1H3,(H,16,17). The molecule has 0 saturated carbocycles. The van der Waals surface area contributed by atoms with E-state index in [0.29, 0.717) is 0 Å². The van der Waals surface area contributed by atoms with Crippen LogP contribution in [0.2, 0.25) is 0 Å². The van der Waals surface area contributed by atoms with Crippen molar-refractivity contribution < 1.29 is 19.4 Å². The Morgan fingerprint density at radius 1 is 1.50 bits per heavy atom. The largest absolute Gasteiger partial charge is 0.479 e. The number of nitrogens with one attached hydrogen (secondary N) is 1. The molecule has 0 radical (unpaired) electrons. The van der Waals surface area contributed by atoms with Crippen LogP contribution >= 0.6 is 0 Å². The number of aliphatic carboxylic acids is 1. The molecule has 1 aromatic rings. The monoisotopic (exact) mass is 247 g/mol. The number of benzene rings is 1. The van der Waals surface area contributed by atoms with Crippen LogP contribution in [0.3, 0.4) is 0 Å². The Morgan fingerprint density at radius 3 is 2.72 bits per heavy atom. The van der Waals surface area contributed by atoms with Crippen LogP contribution in [0, 0.1) is 0 Å². The van der Waals surface area contributed by atoms with E-state index in [2.05, 4.69) is 5.32 Å². The fourth-order valence-corrected chi connectivity index (χ4v) is 2.05. The number of carboxylic acid groups (broad SMARTS) is 1. The molecule has 1 heterocycles. The molecule has 0 spiro atoms. The average Bonchev–Trinajstić information content (AvgIpc) is 2.69. The molecule has 18 heavy (non-hydrogen) atoms. The topological polar surface area (TPSA) is 75.6 Å². The first-order valence-corrected chi connectivity index (χ1v) is 5.51. The third-order valence-corrected chi connectivity index (χ3v) is 2.85. The van der Waals surface area contributed by atoms with Crippen LogP contribution in [-0.4, -0.2) is 28.8 Å². The van der Waals surface area contributed by atoms with Gasteiger partial charge in [0.15, 0.2) is 6.10 Å². The fraction of sp³-hybridized carbons (Fsp3) is 0.308. The van der Waals surface area contributed by atoms with Gasteiger partial charge in [-0.15, -0.1) is 0 Å². The first-order chi connectivity index (χ1) is 8.56. The number of ether oxygens (including phenoxy) is 1. The number of hydrogen-bond donors (Lipinski definition) is 2. The molecule has 1 aromatic carbocycles. The molecule has 1 aliphatic rings. The van der Waals surface area contributed by atoms with Crippen LogP contribution in [0.25, 0.3) is 0 Å². The van der Waals surface area contributed by atoms with Crippen LogP contribution in [0.4, 0.5) is 0 Å². The molecule has 5 nitrogen and oxygen atoms in total. The highest BCUT2D eigenvalue weighted by atomic mass is 16.6. The van der Waals surface area contributed by atoms with Crippen molar-refractivity contribution in [2.45, 2.75) is 24.8 Å². The van der Waals surface area contributed by atoms with E-state index in [9.17, 15) is 9.59 Å². The van der Waals surface area contributed by atoms with E-state index in [4.69, 9.17) is 9.84 Å². The zero-order chi connectivity index (χ0) is 13.2. The summed E-state index contributed by atoms with van der Waals surface area (Å²) in [5.74, 6) is 0.556. The Kier molecular flexibility index (Phi) is 3.30. The molecule has 3 unspecified atom stereocenters. The van der Waals surface area contributed by atoms with Crippen LogP contribution < -0.4 is 5.32 Å². The fourth-order valence-electron chi connectivity index (χ4n) is 2.05. The van der Waals surface area contributed by atoms with E-state index in [-0.39, 0.29) is 0 Å². The van der Waals surface area contributed by atoms with Gasteiger partial charge in [-0.2, -0.15) is 0 Å². The van der Waals surface area contributed by atoms with Gasteiger partial charge in [0.05, 0.1) is 6.04 Å². The molecule has 5 heteroatoms. The normalized spacial score (nSPS) is 30.7. The van der Waals surface area contributed by atoms with Gasteiger partial charge in [-0.25, -0.2) is 9.59 Å². The number of carbonyl (C=O) groups excluding carboxylic acids is 1. The van der Waals surface area contributed by atoms with Crippen molar-refractivity contribution in [3.8, 4) is 0 Å². The molecule has 2 N–H and O–H groups in total. The lowest BCUT2D eigenvalue weighted by Gasteiger charge is -2.17. The molecular weight excluding hydrogens is 234 g/mol. The van der Waals surface area contributed by atoms with Gasteiger partial charge < -0.3 is 9.84 Å². The Morgan fingerprint density at radius 2 is 2.17 bits per heavy atom. The maximum Gasteiger partial charge on any atom is 0.334 e. The molecule has 2 rings (SSSR count). The Hall–Kier alpha value is -1.94. The summed E-state index contributed by atoms with van der Waals surface area (Å²) >= 11 is 0. The molecule has 0 bridgehead atoms. The first-order valence-electron chi connectivity index (χ1n) is 5.51. The summed E-state index contributed by atoms with van der Waals surface area (Å²) in [6.45, 7) is 1.59. The van der Waals surface area contributed by atoms with Crippen LogP contribution in [-0.2, 0) is 14.3 Å². The van der Waals surface area contributed by atoms with E-state index in [1.165, 1.54) is 0 Å². The summed E-state index contributed by atoms with van der Waals surface area (Å²) in [4.78, 5) is 21.6. The second-order valence-electron chi connectivity index (χ2n) is 4.28. The minimum absolute atomic E-state index is 0.502. The van der Waals surface area contributed by atoms with Crippen LogP contribution in [0.5, 0.6) is 0 Å². The molecule has 94 valence electrons. The van der Waals surface area contributed by atoms with Crippen molar-refractivity contribution >= 4 is 11.9 Å². The van der Waals surface area contributed by atoms with Gasteiger partial charge >= 0.3 is 5.97 Å². The lowest BCUT2D eigenvalue weighted by atomic mass is 10.0. The molecule has 3 atom stereocenters. The first kappa shape index (κ1) is 12.5. The second kappa shape index (κ2) is 4.74. The zero-order valence-corrected chi connectivity index (χ0v) is 9.79. The number of carbonyl (C=O) groups is 1. The molecular formula is C13H13NO4. The maximum atomic E-state index is 11.2. The van der Waals surface area contributed by atoms with Crippen LogP contribution in [0.15, 0.2) is 36.4 Å². The van der Waals surface area contributed by atoms with Gasteiger partial charge in [0.1, 0.15) is 11.7 Å². The van der Waals surface area contributed by atoms with Gasteiger partial charge in [-0.05, 0) is 12.5 Å². The second-order valence-corrected chi connectivity index (χ2v) is 4.28. The Bertz CT molecular complexity index is 495. The summed E-state index contributed by atoms with van der Waals surface area (Å²) in [5, 5.41) is 12.2. The number of rotatable bonds is 3. The van der Waals surface area contributed by atoms with E-state index in [0.717, 1.165) is 11.6 Å². The van der Waals surface area contributed by atoms with Crippen molar-refractivity contribution in [1.82, 2.24) is 5.32 Å². The predicted octanol–water partition coefficient (Wildman–Crippen LogP) is 0.905. The smallest absolute Gasteiger partial charge is 0.334 e. The van der Waals surface area contributed by atoms with E-state index in [1.54, 1.807) is 12.9 Å². The Balaban J connectivity index is 2.34. The van der Waals surface area contributed by atoms with Crippen molar-refractivity contribution in [1.29, 1.82) is 0 Å². The minimum Gasteiger partial charge on any atom is -0.479 e. The third-order valence-electron chi connectivity index (χ3n) is 2.85. The molecule has 0 aromatic heterocycles. The van der Waals surface area contributed by atoms with Crippen molar-refractivity contribution in [2.24, 2.45) is 0 Å². The molecule has 0 aliphatic carbocycles. The molecule has 1 saturated heterocycles. The zero-order valence-electron chi connectivity index (χ0n) is 9.79. The van der Waals surface area contributed by atoms with Gasteiger partial charge in [-0.3, -0.25) is 5.32 Å². The summed E-state index contributed by atoms with van der Waals surface area (Å²) in [6.07, 6.45) is 0.105. The third kappa shape index (κ3) is 2.33. The van der Waals surface area contributed by atoms with Crippen molar-refractivity contribution in [3.63, 3.8) is 0 Å².